The molecule has 4 fully saturated rings. The van der Waals surface area contributed by atoms with Crippen molar-refractivity contribution in [1.82, 2.24) is 50.9 Å². The van der Waals surface area contributed by atoms with Gasteiger partial charge < -0.3 is 50.8 Å². The highest BCUT2D eigenvalue weighted by Crippen LogP contribution is 2.38. The number of alkyl halides is 3. The van der Waals surface area contributed by atoms with Gasteiger partial charge in [0, 0.05) is 68.4 Å². The lowest BCUT2D eigenvalue weighted by Gasteiger charge is -2.45. The molecule has 7 rings (SSSR count). The zero-order valence-corrected chi connectivity index (χ0v) is 40.7. The number of fused-ring (bicyclic) bond motifs is 1. The van der Waals surface area contributed by atoms with Crippen LogP contribution in [0.4, 0.5) is 19.0 Å². The fourth-order valence-corrected chi connectivity index (χ4v) is 10.3. The van der Waals surface area contributed by atoms with E-state index in [1.54, 1.807) is 25.5 Å². The van der Waals surface area contributed by atoms with Crippen LogP contribution in [-0.4, -0.2) is 162 Å². The van der Waals surface area contributed by atoms with Gasteiger partial charge in [0.1, 0.15) is 24.8 Å². The standard InChI is InChI=1S/C49H66F3N11O8/c1-29(2)61(3)34-12-14-40(63-18-15-38(48(63)69)59-45-35-22-32(49(50,51)52)9-13-37(35)56-28-57-45)39(23-34)60-46(67)30-7-10-33(11-8-30)58-42(65)27-71-21-20-70-19-17-54-41(64)26-55-47(68)36-24-43(66)62(4)44(36)31-6-5-16-53-25-31/h5-6,9,13,16,22,25,28-30,33-34,36,38-40,44H,7-8,10-12,14-15,17-21,23-24,26-27H2,1-4H3,(H,54,64)(H,55,68)(H,58,65)(H,60,67)(H,56,57,59)/t30-,33+,34-,36+,38+,39-,40+,44-/m1/s1. The minimum atomic E-state index is -4.56. The van der Waals surface area contributed by atoms with Gasteiger partial charge in [-0.3, -0.25) is 33.8 Å². The zero-order chi connectivity index (χ0) is 50.8. The lowest BCUT2D eigenvalue weighted by Crippen LogP contribution is -2.59. The third kappa shape index (κ3) is 13.5. The number of nitrogens with one attached hydrogen (secondary N) is 5. The highest BCUT2D eigenvalue weighted by Gasteiger charge is 2.45. The van der Waals surface area contributed by atoms with Gasteiger partial charge in [-0.05, 0) is 102 Å². The van der Waals surface area contributed by atoms with Crippen LogP contribution in [-0.2, 0) is 44.4 Å². The van der Waals surface area contributed by atoms with Crippen molar-refractivity contribution >= 4 is 52.2 Å². The summed E-state index contributed by atoms with van der Waals surface area (Å²) in [5.41, 5.74) is 0.231. The van der Waals surface area contributed by atoms with E-state index in [1.807, 2.05) is 11.0 Å². The summed E-state index contributed by atoms with van der Waals surface area (Å²) in [4.78, 5) is 96.5. The average molecular weight is 994 g/mol. The summed E-state index contributed by atoms with van der Waals surface area (Å²) >= 11 is 0. The SMILES string of the molecule is CC(C)N(C)[C@@H]1CC[C@H](N2CC[C@H](Nc3ncnc4ccc(C(F)(F)F)cc34)C2=O)[C@H](NC(=O)[C@H]2CC[C@@H](NC(=O)COCCOCCNC(=O)CNC(=O)[C@H]3CC(=O)N(C)[C@@H]3c3cccnc3)CC2)C1. The number of nitrogens with zero attached hydrogens (tertiary/aromatic N) is 6. The Labute approximate surface area is 411 Å². The number of likely N-dealkylation sites (tertiary alicyclic amines) is 2. The van der Waals surface area contributed by atoms with Crippen molar-refractivity contribution in [1.29, 1.82) is 0 Å². The van der Waals surface area contributed by atoms with E-state index in [9.17, 15) is 41.9 Å². The Morgan fingerprint density at radius 1 is 0.901 bits per heavy atom. The predicted octanol–water partition coefficient (Wildman–Crippen LogP) is 2.96. The summed E-state index contributed by atoms with van der Waals surface area (Å²) in [6.07, 6.45) is 4.91. The maximum atomic E-state index is 14.1. The smallest absolute Gasteiger partial charge is 0.377 e. The van der Waals surface area contributed by atoms with Crippen LogP contribution in [0, 0.1) is 11.8 Å². The van der Waals surface area contributed by atoms with Crippen molar-refractivity contribution in [3.63, 3.8) is 0 Å². The summed E-state index contributed by atoms with van der Waals surface area (Å²) in [6, 6.07) is 5.38. The third-order valence-electron chi connectivity index (χ3n) is 14.4. The third-order valence-corrected chi connectivity index (χ3v) is 14.4. The van der Waals surface area contributed by atoms with Crippen LogP contribution < -0.4 is 26.6 Å². The Morgan fingerprint density at radius 3 is 2.41 bits per heavy atom. The van der Waals surface area contributed by atoms with Gasteiger partial charge in [0.15, 0.2) is 0 Å². The van der Waals surface area contributed by atoms with Crippen LogP contribution in [0.3, 0.4) is 0 Å². The molecule has 6 atom stereocenters. The van der Waals surface area contributed by atoms with E-state index >= 15 is 0 Å². The number of hydrogen-bond donors (Lipinski definition) is 5. The van der Waals surface area contributed by atoms with Gasteiger partial charge in [0.2, 0.25) is 35.4 Å². The van der Waals surface area contributed by atoms with E-state index in [4.69, 9.17) is 9.47 Å². The van der Waals surface area contributed by atoms with Gasteiger partial charge >= 0.3 is 6.18 Å². The van der Waals surface area contributed by atoms with Crippen molar-refractivity contribution in [3.8, 4) is 0 Å². The Hall–Kier alpha value is -6.00. The number of benzene rings is 1. The normalized spacial score (nSPS) is 24.9. The molecule has 5 N–H and O–H groups in total. The highest BCUT2D eigenvalue weighted by atomic mass is 19.4. The van der Waals surface area contributed by atoms with E-state index in [0.717, 1.165) is 24.1 Å². The minimum absolute atomic E-state index is 0.0379. The summed E-state index contributed by atoms with van der Waals surface area (Å²) in [5.74, 6) is -2.27. The first-order chi connectivity index (χ1) is 34.0. The molecular formula is C49H66F3N11O8. The second-order valence-electron chi connectivity index (χ2n) is 19.3. The van der Waals surface area contributed by atoms with Crippen molar-refractivity contribution in [3.05, 3.63) is 60.2 Å². The number of hydrogen-bond acceptors (Lipinski definition) is 13. The fourth-order valence-electron chi connectivity index (χ4n) is 10.3. The van der Waals surface area contributed by atoms with Crippen LogP contribution >= 0.6 is 0 Å². The molecule has 2 saturated heterocycles. The van der Waals surface area contributed by atoms with Gasteiger partial charge in [0.05, 0.1) is 61.5 Å². The fraction of sp³-hybridized carbons (Fsp3) is 0.612. The Kier molecular flexibility index (Phi) is 17.8. The topological polar surface area (TPSA) is 229 Å². The number of halogens is 3. The number of carbonyl (C=O) groups is 6. The molecule has 2 aliphatic carbocycles. The summed E-state index contributed by atoms with van der Waals surface area (Å²) in [7, 11) is 3.71. The molecule has 22 heteroatoms. The lowest BCUT2D eigenvalue weighted by molar-refractivity contribution is -0.137. The molecule has 6 amide bonds. The van der Waals surface area contributed by atoms with Crippen LogP contribution in [0.5, 0.6) is 0 Å². The second-order valence-corrected chi connectivity index (χ2v) is 19.3. The Bertz CT molecular complexity index is 2360. The first-order valence-corrected chi connectivity index (χ1v) is 24.5. The molecule has 0 bridgehead atoms. The van der Waals surface area contributed by atoms with Crippen molar-refractivity contribution in [2.45, 2.75) is 120 Å². The Balaban J connectivity index is 0.793. The maximum absolute atomic E-state index is 14.1. The van der Waals surface area contributed by atoms with Gasteiger partial charge in [0.25, 0.3) is 0 Å². The summed E-state index contributed by atoms with van der Waals surface area (Å²) in [6.45, 7) is 4.96. The van der Waals surface area contributed by atoms with Crippen LogP contribution in [0.25, 0.3) is 10.9 Å². The number of anilines is 1. The van der Waals surface area contributed by atoms with Gasteiger partial charge in [-0.15, -0.1) is 0 Å². The molecule has 0 radical (unpaired) electrons. The molecular weight excluding hydrogens is 928 g/mol. The van der Waals surface area contributed by atoms with E-state index in [1.165, 1.54) is 17.3 Å². The van der Waals surface area contributed by atoms with Crippen molar-refractivity contribution < 1.29 is 51.4 Å². The van der Waals surface area contributed by atoms with Gasteiger partial charge in [-0.1, -0.05) is 6.07 Å². The largest absolute Gasteiger partial charge is 0.416 e. The van der Waals surface area contributed by atoms with Crippen LogP contribution in [0.2, 0.25) is 0 Å². The predicted molar refractivity (Wildman–Crippen MR) is 254 cm³/mol. The van der Waals surface area contributed by atoms with Gasteiger partial charge in [-0.2, -0.15) is 13.2 Å². The maximum Gasteiger partial charge on any atom is 0.416 e. The zero-order valence-electron chi connectivity index (χ0n) is 40.7. The number of aromatic nitrogens is 3. The molecule has 2 saturated carbocycles. The molecule has 4 heterocycles. The molecule has 71 heavy (non-hydrogen) atoms. The molecule has 0 spiro atoms. The number of pyridine rings is 1. The van der Waals surface area contributed by atoms with Gasteiger partial charge in [-0.25, -0.2) is 9.97 Å². The molecule has 19 nitrogen and oxygen atoms in total. The molecule has 2 aromatic heterocycles. The molecule has 2 aliphatic heterocycles. The van der Waals surface area contributed by atoms with Crippen LogP contribution in [0.1, 0.15) is 88.8 Å². The summed E-state index contributed by atoms with van der Waals surface area (Å²) < 4.78 is 51.8. The lowest BCUT2D eigenvalue weighted by atomic mass is 9.82. The average Bonchev–Trinajstić information content (AvgIpc) is 3.87. The number of rotatable bonds is 20. The molecule has 1 aromatic carbocycles. The second kappa shape index (κ2) is 23.9. The van der Waals surface area contributed by atoms with E-state index in [0.29, 0.717) is 57.0 Å². The minimum Gasteiger partial charge on any atom is -0.377 e. The Morgan fingerprint density at radius 2 is 1.68 bits per heavy atom. The van der Waals surface area contributed by atoms with Crippen molar-refractivity contribution in [2.24, 2.45) is 11.8 Å². The first kappa shape index (κ1) is 52.8. The molecule has 3 aromatic rings. The summed E-state index contributed by atoms with van der Waals surface area (Å²) in [5, 5.41) is 14.9. The molecule has 0 unspecified atom stereocenters. The van der Waals surface area contributed by atoms with Crippen LogP contribution in [0.15, 0.2) is 49.1 Å². The number of amides is 6. The van der Waals surface area contributed by atoms with Crippen molar-refractivity contribution in [2.75, 3.05) is 65.5 Å². The quantitative estimate of drug-likeness (QED) is 0.103. The van der Waals surface area contributed by atoms with E-state index in [2.05, 4.69) is 67.3 Å². The number of ether oxygens (including phenoxy) is 2. The molecule has 386 valence electrons. The first-order valence-electron chi connectivity index (χ1n) is 24.5. The van der Waals surface area contributed by atoms with E-state index < -0.39 is 41.6 Å². The highest BCUT2D eigenvalue weighted by molar-refractivity contribution is 5.94. The monoisotopic (exact) mass is 994 g/mol. The van der Waals surface area contributed by atoms with E-state index in [-0.39, 0.29) is 117 Å². The molecule has 4 aliphatic rings. The number of carbonyl (C=O) groups excluding carboxylic acids is 6.